The van der Waals surface area contributed by atoms with E-state index in [1.165, 1.54) is 36.3 Å². The molecule has 2 heterocycles. The molecule has 2 aromatic heterocycles. The Labute approximate surface area is 193 Å². The number of hydrogen-bond donors (Lipinski definition) is 3. The number of ether oxygens (including phenoxy) is 1. The van der Waals surface area contributed by atoms with E-state index in [1.54, 1.807) is 20.9 Å². The van der Waals surface area contributed by atoms with Crippen molar-refractivity contribution < 1.29 is 22.8 Å². The highest BCUT2D eigenvalue weighted by molar-refractivity contribution is 6.01. The summed E-state index contributed by atoms with van der Waals surface area (Å²) in [7, 11) is 2.99. The van der Waals surface area contributed by atoms with Gasteiger partial charge in [0.1, 0.15) is 12.1 Å². The molecule has 3 rings (SSSR count). The highest BCUT2D eigenvalue weighted by Crippen LogP contribution is 2.38. The number of hydrogen-bond acceptors (Lipinski definition) is 8. The van der Waals surface area contributed by atoms with E-state index in [1.807, 2.05) is 5.32 Å². The molecule has 0 spiro atoms. The van der Waals surface area contributed by atoms with Crippen molar-refractivity contribution in [3.63, 3.8) is 0 Å². The maximum atomic E-state index is 14.6. The lowest BCUT2D eigenvalue weighted by molar-refractivity contribution is -0.112. The summed E-state index contributed by atoms with van der Waals surface area (Å²) in [5.41, 5.74) is 0.497. The summed E-state index contributed by atoms with van der Waals surface area (Å²) in [6, 6.07) is 3.53. The lowest BCUT2D eigenvalue weighted by Gasteiger charge is -2.16. The molecule has 0 aliphatic carbocycles. The number of nitrogens with zero attached hydrogens (tertiary/aromatic N) is 5. The van der Waals surface area contributed by atoms with Crippen LogP contribution in [0.4, 0.5) is 21.6 Å². The second-order valence-electron chi connectivity index (χ2n) is 7.06. The van der Waals surface area contributed by atoms with Crippen LogP contribution in [0.2, 0.25) is 0 Å². The van der Waals surface area contributed by atoms with E-state index in [2.05, 4.69) is 30.9 Å². The van der Waals surface area contributed by atoms with Crippen molar-refractivity contribution >= 4 is 29.0 Å². The number of carbonyl (C=O) groups excluding carboxylic acids is 2. The van der Waals surface area contributed by atoms with Gasteiger partial charge in [-0.1, -0.05) is 5.57 Å². The number of nitrogens with one attached hydrogen (secondary N) is 3. The zero-order valence-corrected chi connectivity index (χ0v) is 18.2. The predicted molar refractivity (Wildman–Crippen MR) is 120 cm³/mol. The molecular formula is C21H23FN8O3. The van der Waals surface area contributed by atoms with E-state index in [4.69, 9.17) is 8.85 Å². The van der Waals surface area contributed by atoms with Crippen molar-refractivity contribution in [2.45, 2.75) is 13.8 Å². The molecular weight excluding hydrogens is 431 g/mol. The maximum Gasteiger partial charge on any atom is 0.273 e. The Balaban J connectivity index is 2.10. The molecule has 0 aliphatic heterocycles. The number of carbonyl (C=O) groups is 2. The molecule has 1 aromatic carbocycles. The van der Waals surface area contributed by atoms with Crippen LogP contribution in [0.3, 0.4) is 0 Å². The van der Waals surface area contributed by atoms with Crippen molar-refractivity contribution in [3.05, 3.63) is 47.7 Å². The first kappa shape index (κ1) is 19.3. The average molecular weight is 457 g/mol. The Morgan fingerprint density at radius 2 is 2.00 bits per heavy atom. The number of halogens is 1. The third-order valence-corrected chi connectivity index (χ3v) is 4.16. The van der Waals surface area contributed by atoms with Crippen LogP contribution < -0.4 is 20.7 Å². The molecule has 3 aromatic rings. The molecule has 3 N–H and O–H groups in total. The van der Waals surface area contributed by atoms with Crippen molar-refractivity contribution in [2.75, 3.05) is 24.7 Å². The van der Waals surface area contributed by atoms with Gasteiger partial charge in [0.15, 0.2) is 23.1 Å². The number of aryl methyl sites for hydroxylation is 1. The molecule has 0 atom stereocenters. The monoisotopic (exact) mass is 457 g/mol. The number of aromatic nitrogens is 5. The molecule has 0 saturated heterocycles. The van der Waals surface area contributed by atoms with Crippen LogP contribution in [0.5, 0.6) is 5.75 Å². The summed E-state index contributed by atoms with van der Waals surface area (Å²) in [5, 5.41) is 18.9. The van der Waals surface area contributed by atoms with Crippen molar-refractivity contribution in [1.82, 2.24) is 30.3 Å². The summed E-state index contributed by atoms with van der Waals surface area (Å²) < 4.78 is 43.4. The van der Waals surface area contributed by atoms with Crippen LogP contribution in [-0.4, -0.2) is 50.9 Å². The van der Waals surface area contributed by atoms with Gasteiger partial charge in [-0.15, -0.1) is 10.2 Å². The summed E-state index contributed by atoms with van der Waals surface area (Å²) in [6.07, 6.45) is 2.75. The van der Waals surface area contributed by atoms with Crippen LogP contribution in [0.25, 0.3) is 11.4 Å². The van der Waals surface area contributed by atoms with E-state index in [0.717, 1.165) is 11.6 Å². The predicted octanol–water partition coefficient (Wildman–Crippen LogP) is 2.43. The molecule has 0 aliphatic rings. The Morgan fingerprint density at radius 3 is 2.64 bits per heavy atom. The third kappa shape index (κ3) is 5.47. The minimum Gasteiger partial charge on any atom is -0.494 e. The number of anilines is 3. The minimum atomic E-state index is -2.80. The topological polar surface area (TPSA) is 136 Å². The van der Waals surface area contributed by atoms with Gasteiger partial charge in [-0.25, -0.2) is 9.37 Å². The van der Waals surface area contributed by atoms with Gasteiger partial charge < -0.3 is 20.7 Å². The van der Waals surface area contributed by atoms with Crippen molar-refractivity contribution in [2.24, 2.45) is 7.05 Å². The number of benzene rings is 1. The number of methoxy groups -OCH3 is 1. The van der Waals surface area contributed by atoms with E-state index in [9.17, 15) is 14.0 Å². The Morgan fingerprint density at radius 1 is 1.21 bits per heavy atom. The number of amides is 2. The van der Waals surface area contributed by atoms with Gasteiger partial charge in [0.2, 0.25) is 5.91 Å². The highest BCUT2D eigenvalue weighted by Gasteiger charge is 2.20. The van der Waals surface area contributed by atoms with Crippen LogP contribution in [0.1, 0.15) is 28.4 Å². The quantitative estimate of drug-likeness (QED) is 0.460. The van der Waals surface area contributed by atoms with Gasteiger partial charge >= 0.3 is 0 Å². The van der Waals surface area contributed by atoms with E-state index >= 15 is 0 Å². The molecule has 2 amide bonds. The van der Waals surface area contributed by atoms with Gasteiger partial charge in [-0.2, -0.15) is 5.10 Å². The van der Waals surface area contributed by atoms with E-state index < -0.39 is 30.3 Å². The normalized spacial score (nSPS) is 12.1. The molecule has 12 heteroatoms. The number of rotatable bonds is 7. The first-order chi connectivity index (χ1) is 16.9. The fourth-order valence-corrected chi connectivity index (χ4v) is 2.88. The van der Waals surface area contributed by atoms with Crippen molar-refractivity contribution in [3.8, 4) is 17.1 Å². The van der Waals surface area contributed by atoms with Gasteiger partial charge in [0.05, 0.1) is 24.0 Å². The summed E-state index contributed by atoms with van der Waals surface area (Å²) in [5.74, 6) is -1.98. The van der Waals surface area contributed by atoms with Gasteiger partial charge in [-0.05, 0) is 19.9 Å². The summed E-state index contributed by atoms with van der Waals surface area (Å²) in [4.78, 5) is 28.9. The second kappa shape index (κ2) is 9.85. The van der Waals surface area contributed by atoms with Crippen LogP contribution in [0.15, 0.2) is 36.2 Å². The van der Waals surface area contributed by atoms with E-state index in [-0.39, 0.29) is 34.3 Å². The lowest BCUT2D eigenvalue weighted by Crippen LogP contribution is -2.22. The van der Waals surface area contributed by atoms with E-state index in [0.29, 0.717) is 0 Å². The Kier molecular flexibility index (Phi) is 5.77. The smallest absolute Gasteiger partial charge is 0.273 e. The first-order valence-electron chi connectivity index (χ1n) is 11.0. The SMILES string of the molecule is [2H]C([2H])([2H])NC(=O)c1nnc(NC(=O)C=C(C)C)cc1Nc1cc(F)cc(-c2ncn(C)n2)c1OC. The van der Waals surface area contributed by atoms with Crippen LogP contribution in [0, 0.1) is 5.82 Å². The highest BCUT2D eigenvalue weighted by atomic mass is 19.1. The standard InChI is InChI=1S/C21H23FN8O3/c1-11(2)6-17(31)26-16-9-14(18(28-27-16)21(32)23-3)25-15-8-12(22)7-13(19(15)33-5)20-24-10-30(4)29-20/h6-10H,1-5H3,(H,23,32)(H2,25,26,27,31)/i3D3. The molecule has 0 saturated carbocycles. The first-order valence-corrected chi connectivity index (χ1v) is 9.53. The largest absolute Gasteiger partial charge is 0.494 e. The second-order valence-corrected chi connectivity index (χ2v) is 7.06. The lowest BCUT2D eigenvalue weighted by atomic mass is 10.1. The average Bonchev–Trinajstić information content (AvgIpc) is 3.18. The molecule has 11 nitrogen and oxygen atoms in total. The van der Waals surface area contributed by atoms with Crippen LogP contribution >= 0.6 is 0 Å². The van der Waals surface area contributed by atoms with Gasteiger partial charge in [0.25, 0.3) is 5.91 Å². The zero-order valence-electron chi connectivity index (χ0n) is 21.2. The Bertz CT molecular complexity index is 1340. The third-order valence-electron chi connectivity index (χ3n) is 4.16. The minimum absolute atomic E-state index is 0.0487. The summed E-state index contributed by atoms with van der Waals surface area (Å²) >= 11 is 0. The Hall–Kier alpha value is -4.35. The van der Waals surface area contributed by atoms with Crippen LogP contribution in [-0.2, 0) is 11.8 Å². The number of allylic oxidation sites excluding steroid dienone is 1. The molecule has 33 heavy (non-hydrogen) atoms. The maximum absolute atomic E-state index is 14.6. The summed E-state index contributed by atoms with van der Waals surface area (Å²) in [6.45, 7) is 0.649. The molecule has 0 fully saturated rings. The fraction of sp³-hybridized carbons (Fsp3) is 0.238. The molecule has 0 unspecified atom stereocenters. The van der Waals surface area contributed by atoms with Gasteiger partial charge in [0, 0.05) is 36.3 Å². The fourth-order valence-electron chi connectivity index (χ4n) is 2.88. The molecule has 0 radical (unpaired) electrons. The van der Waals surface area contributed by atoms with Gasteiger partial charge in [-0.3, -0.25) is 14.3 Å². The zero-order chi connectivity index (χ0) is 26.6. The molecule has 0 bridgehead atoms. The molecule has 172 valence electrons. The van der Waals surface area contributed by atoms with Crippen molar-refractivity contribution in [1.29, 1.82) is 0 Å².